The van der Waals surface area contributed by atoms with Crippen molar-refractivity contribution in [3.05, 3.63) is 11.8 Å². The molecule has 0 aliphatic heterocycles. The predicted octanol–water partition coefficient (Wildman–Crippen LogP) is 1.27. The van der Waals surface area contributed by atoms with Crippen molar-refractivity contribution in [2.75, 3.05) is 13.1 Å². The van der Waals surface area contributed by atoms with Gasteiger partial charge in [-0.1, -0.05) is 12.0 Å². The third-order valence-corrected chi connectivity index (χ3v) is 2.77. The zero-order chi connectivity index (χ0) is 12.3. The molecule has 0 bridgehead atoms. The molecule has 0 aromatic heterocycles. The third kappa shape index (κ3) is 6.60. The number of rotatable bonds is 6. The molecule has 0 radical (unpaired) electrons. The van der Waals surface area contributed by atoms with Crippen LogP contribution >= 0.6 is 0 Å². The lowest BCUT2D eigenvalue weighted by Gasteiger charge is -2.13. The van der Waals surface area contributed by atoms with E-state index in [0.29, 0.717) is 19.5 Å². The van der Waals surface area contributed by atoms with Crippen LogP contribution in [0.25, 0.3) is 0 Å². The topological polar surface area (TPSA) is 70.2 Å². The summed E-state index contributed by atoms with van der Waals surface area (Å²) in [5.41, 5.74) is 1.33. The van der Waals surface area contributed by atoms with Crippen LogP contribution in [0.3, 0.4) is 0 Å². The van der Waals surface area contributed by atoms with Crippen LogP contribution in [-0.2, 0) is 4.79 Å². The third-order valence-electron chi connectivity index (χ3n) is 2.77. The van der Waals surface area contributed by atoms with Crippen molar-refractivity contribution >= 4 is 12.4 Å². The van der Waals surface area contributed by atoms with Gasteiger partial charge in [-0.05, 0) is 32.1 Å². The van der Waals surface area contributed by atoms with Gasteiger partial charge in [0.15, 0.2) is 0 Å². The van der Waals surface area contributed by atoms with Crippen molar-refractivity contribution in [1.82, 2.24) is 16.0 Å². The van der Waals surface area contributed by atoms with Gasteiger partial charge >= 0.3 is 6.03 Å². The van der Waals surface area contributed by atoms with Gasteiger partial charge in [0.25, 0.3) is 0 Å². The summed E-state index contributed by atoms with van der Waals surface area (Å²) in [5, 5.41) is 8.01. The van der Waals surface area contributed by atoms with E-state index in [4.69, 9.17) is 0 Å². The van der Waals surface area contributed by atoms with Gasteiger partial charge in [0, 0.05) is 19.3 Å². The molecule has 1 aliphatic carbocycles. The molecule has 0 atom stereocenters. The molecule has 3 N–H and O–H groups in total. The second kappa shape index (κ2) is 8.61. The smallest absolute Gasteiger partial charge is 0.318 e. The average Bonchev–Trinajstić information content (AvgIpc) is 2.37. The molecular formula is C12H21N3O2. The summed E-state index contributed by atoms with van der Waals surface area (Å²) in [7, 11) is 0. The Kier molecular flexibility index (Phi) is 6.86. The van der Waals surface area contributed by atoms with Gasteiger partial charge in [-0.2, -0.15) is 0 Å². The molecule has 1 aliphatic rings. The van der Waals surface area contributed by atoms with Gasteiger partial charge in [-0.15, -0.1) is 0 Å². The fraction of sp³-hybridized carbons (Fsp3) is 0.667. The van der Waals surface area contributed by atoms with Gasteiger partial charge in [0.1, 0.15) is 0 Å². The first-order valence-electron chi connectivity index (χ1n) is 6.22. The van der Waals surface area contributed by atoms with Crippen LogP contribution in [0.1, 0.15) is 38.5 Å². The maximum absolute atomic E-state index is 11.4. The fourth-order valence-electron chi connectivity index (χ4n) is 1.82. The van der Waals surface area contributed by atoms with Crippen molar-refractivity contribution in [2.24, 2.45) is 0 Å². The highest BCUT2D eigenvalue weighted by Gasteiger charge is 2.05. The molecule has 5 heteroatoms. The van der Waals surface area contributed by atoms with E-state index in [9.17, 15) is 9.59 Å². The minimum atomic E-state index is -0.172. The quantitative estimate of drug-likeness (QED) is 0.482. The van der Waals surface area contributed by atoms with Crippen molar-refractivity contribution in [2.45, 2.75) is 38.5 Å². The van der Waals surface area contributed by atoms with E-state index < -0.39 is 0 Å². The number of nitrogens with one attached hydrogen (secondary N) is 3. The van der Waals surface area contributed by atoms with Gasteiger partial charge in [0.05, 0.1) is 0 Å². The Bertz CT molecular complexity index is 269. The molecule has 1 fully saturated rings. The summed E-state index contributed by atoms with van der Waals surface area (Å²) in [5.74, 6) is 0. The standard InChI is InChI=1S/C12H21N3O2/c16-10-13-7-4-8-14-12(17)15-9-11-5-2-1-3-6-11/h9-10H,1-8H2,(H,13,16)(H2,14,15,17). The van der Waals surface area contributed by atoms with Crippen molar-refractivity contribution in [1.29, 1.82) is 0 Å². The number of hydrogen-bond acceptors (Lipinski definition) is 2. The van der Waals surface area contributed by atoms with Crippen molar-refractivity contribution in [3.8, 4) is 0 Å². The molecule has 0 aromatic carbocycles. The summed E-state index contributed by atoms with van der Waals surface area (Å²) < 4.78 is 0. The van der Waals surface area contributed by atoms with Gasteiger partial charge < -0.3 is 16.0 Å². The molecule has 1 rings (SSSR count). The Labute approximate surface area is 102 Å². The predicted molar refractivity (Wildman–Crippen MR) is 66.4 cm³/mol. The van der Waals surface area contributed by atoms with Crippen molar-refractivity contribution in [3.63, 3.8) is 0 Å². The molecule has 3 amide bonds. The lowest BCUT2D eigenvalue weighted by Crippen LogP contribution is -2.34. The Morgan fingerprint density at radius 1 is 1.18 bits per heavy atom. The van der Waals surface area contributed by atoms with Gasteiger partial charge in [-0.3, -0.25) is 4.79 Å². The van der Waals surface area contributed by atoms with Crippen LogP contribution in [-0.4, -0.2) is 25.5 Å². The Hall–Kier alpha value is -1.52. The molecule has 0 spiro atoms. The highest BCUT2D eigenvalue weighted by Crippen LogP contribution is 2.21. The second-order valence-electron chi connectivity index (χ2n) is 4.19. The number of amides is 3. The summed E-state index contributed by atoms with van der Waals surface area (Å²) >= 11 is 0. The Balaban J connectivity index is 2.05. The largest absolute Gasteiger partial charge is 0.359 e. The summed E-state index contributed by atoms with van der Waals surface area (Å²) in [6, 6.07) is -0.172. The fourth-order valence-corrected chi connectivity index (χ4v) is 1.82. The van der Waals surface area contributed by atoms with Crippen LogP contribution in [0.5, 0.6) is 0 Å². The van der Waals surface area contributed by atoms with Crippen LogP contribution in [0.15, 0.2) is 11.8 Å². The molecular weight excluding hydrogens is 218 g/mol. The van der Waals surface area contributed by atoms with Crippen molar-refractivity contribution < 1.29 is 9.59 Å². The molecule has 96 valence electrons. The Morgan fingerprint density at radius 3 is 2.65 bits per heavy atom. The molecule has 17 heavy (non-hydrogen) atoms. The Morgan fingerprint density at radius 2 is 1.94 bits per heavy atom. The zero-order valence-electron chi connectivity index (χ0n) is 10.1. The number of allylic oxidation sites excluding steroid dienone is 1. The first-order chi connectivity index (χ1) is 8.33. The molecule has 0 saturated heterocycles. The SMILES string of the molecule is O=CNCCCNC(=O)NC=C1CCCCC1. The highest BCUT2D eigenvalue weighted by molar-refractivity contribution is 5.74. The first-order valence-corrected chi connectivity index (χ1v) is 6.22. The normalized spacial score (nSPS) is 14.9. The van der Waals surface area contributed by atoms with E-state index in [0.717, 1.165) is 19.3 Å². The monoisotopic (exact) mass is 239 g/mol. The minimum Gasteiger partial charge on any atom is -0.359 e. The van der Waals surface area contributed by atoms with Crippen LogP contribution < -0.4 is 16.0 Å². The minimum absolute atomic E-state index is 0.172. The zero-order valence-corrected chi connectivity index (χ0v) is 10.1. The maximum atomic E-state index is 11.4. The summed E-state index contributed by atoms with van der Waals surface area (Å²) in [6.45, 7) is 1.15. The van der Waals surface area contributed by atoms with E-state index in [-0.39, 0.29) is 6.03 Å². The molecule has 0 heterocycles. The van der Waals surface area contributed by atoms with E-state index >= 15 is 0 Å². The van der Waals surface area contributed by atoms with E-state index in [1.54, 1.807) is 0 Å². The molecule has 0 aromatic rings. The van der Waals surface area contributed by atoms with E-state index in [1.807, 2.05) is 6.20 Å². The number of hydrogen-bond donors (Lipinski definition) is 3. The van der Waals surface area contributed by atoms with E-state index in [2.05, 4.69) is 16.0 Å². The summed E-state index contributed by atoms with van der Waals surface area (Å²) in [6.07, 6.45) is 9.19. The summed E-state index contributed by atoms with van der Waals surface area (Å²) in [4.78, 5) is 21.3. The molecule has 5 nitrogen and oxygen atoms in total. The molecule has 1 saturated carbocycles. The lowest BCUT2D eigenvalue weighted by molar-refractivity contribution is -0.109. The van der Waals surface area contributed by atoms with Crippen LogP contribution in [0.4, 0.5) is 4.79 Å². The van der Waals surface area contributed by atoms with Crippen LogP contribution in [0.2, 0.25) is 0 Å². The highest BCUT2D eigenvalue weighted by atomic mass is 16.2. The number of carbonyl (C=O) groups is 2. The first kappa shape index (κ1) is 13.5. The molecule has 0 unspecified atom stereocenters. The van der Waals surface area contributed by atoms with Gasteiger partial charge in [-0.25, -0.2) is 4.79 Å². The number of carbonyl (C=O) groups excluding carboxylic acids is 2. The number of urea groups is 1. The average molecular weight is 239 g/mol. The second-order valence-corrected chi connectivity index (χ2v) is 4.19. The maximum Gasteiger partial charge on any atom is 0.318 e. The lowest BCUT2D eigenvalue weighted by atomic mass is 9.96. The van der Waals surface area contributed by atoms with Crippen LogP contribution in [0, 0.1) is 0 Å². The van der Waals surface area contributed by atoms with Gasteiger partial charge in [0.2, 0.25) is 6.41 Å². The van der Waals surface area contributed by atoms with E-state index in [1.165, 1.54) is 24.8 Å².